The van der Waals surface area contributed by atoms with Gasteiger partial charge in [-0.15, -0.1) is 0 Å². The quantitative estimate of drug-likeness (QED) is 0.816. The van der Waals surface area contributed by atoms with Crippen molar-refractivity contribution < 1.29 is 8.42 Å². The van der Waals surface area contributed by atoms with E-state index in [0.717, 1.165) is 12.8 Å². The van der Waals surface area contributed by atoms with Gasteiger partial charge in [-0.05, 0) is 39.8 Å². The highest BCUT2D eigenvalue weighted by Gasteiger charge is 2.31. The third-order valence-corrected chi connectivity index (χ3v) is 4.98. The van der Waals surface area contributed by atoms with Crippen LogP contribution in [-0.4, -0.2) is 48.9 Å². The number of likely N-dealkylation sites (N-methyl/N-ethyl adjacent to an activating group) is 1. The molecule has 106 valence electrons. The van der Waals surface area contributed by atoms with Crippen LogP contribution in [0.4, 0.5) is 0 Å². The molecule has 0 saturated carbocycles. The van der Waals surface area contributed by atoms with Crippen LogP contribution in [0.5, 0.6) is 0 Å². The number of hydrogen-bond donors (Lipinski definition) is 1. The monoisotopic (exact) mass is 284 g/mol. The van der Waals surface area contributed by atoms with Gasteiger partial charge in [-0.3, -0.25) is 0 Å². The Kier molecular flexibility index (Phi) is 4.17. The molecule has 1 aromatic rings. The molecule has 0 spiro atoms. The Hall–Kier alpha value is -1.05. The molecule has 1 aliphatic heterocycles. The second kappa shape index (κ2) is 5.52. The summed E-state index contributed by atoms with van der Waals surface area (Å²) in [7, 11) is -1.72. The Labute approximate surface area is 114 Å². The van der Waals surface area contributed by atoms with Crippen molar-refractivity contribution in [1.82, 2.24) is 19.6 Å². The molecule has 1 aromatic heterocycles. The molecule has 7 heteroatoms. The minimum Gasteiger partial charge on any atom is -0.316 e. The van der Waals surface area contributed by atoms with E-state index in [2.05, 4.69) is 15.3 Å². The molecule has 2 rings (SSSR count). The smallest absolute Gasteiger partial charge is 0.278 e. The molecule has 0 bridgehead atoms. The van der Waals surface area contributed by atoms with Gasteiger partial charge in [0.25, 0.3) is 15.2 Å². The third-order valence-electron chi connectivity index (χ3n) is 3.32. The van der Waals surface area contributed by atoms with Crippen LogP contribution in [0.25, 0.3) is 0 Å². The maximum Gasteiger partial charge on any atom is 0.278 e. The lowest BCUT2D eigenvalue weighted by atomic mass is 10.1. The molecular weight excluding hydrogens is 264 g/mol. The molecule has 0 aromatic carbocycles. The number of nitrogens with one attached hydrogen (secondary N) is 1. The maximum atomic E-state index is 12.5. The molecule has 1 unspecified atom stereocenters. The summed E-state index contributed by atoms with van der Waals surface area (Å²) >= 11 is 0. The molecule has 0 aliphatic carbocycles. The molecule has 2 heterocycles. The summed E-state index contributed by atoms with van der Waals surface area (Å²) in [5.74, 6) is 0. The van der Waals surface area contributed by atoms with Crippen LogP contribution >= 0.6 is 0 Å². The van der Waals surface area contributed by atoms with E-state index in [1.807, 2.05) is 7.05 Å². The largest absolute Gasteiger partial charge is 0.316 e. The second-order valence-corrected chi connectivity index (χ2v) is 6.76. The fourth-order valence-corrected chi connectivity index (χ4v) is 3.82. The third kappa shape index (κ3) is 3.10. The molecule has 1 saturated heterocycles. The van der Waals surface area contributed by atoms with Crippen LogP contribution in [0, 0.1) is 13.8 Å². The van der Waals surface area contributed by atoms with Crippen molar-refractivity contribution in [1.29, 1.82) is 0 Å². The highest BCUT2D eigenvalue weighted by atomic mass is 32.2. The molecule has 1 fully saturated rings. The van der Waals surface area contributed by atoms with Crippen molar-refractivity contribution in [3.05, 3.63) is 17.5 Å². The lowest BCUT2D eigenvalue weighted by Gasteiger charge is -2.31. The van der Waals surface area contributed by atoms with Gasteiger partial charge in [0, 0.05) is 30.5 Å². The standard InChI is InChI=1S/C12H20N4O2S/c1-9-7-10(2)15-12(14-9)19(17,18)16-6-4-5-11(8-16)13-3/h7,11,13H,4-6,8H2,1-3H3. The first kappa shape index (κ1) is 14.4. The number of rotatable bonds is 3. The number of nitrogens with zero attached hydrogens (tertiary/aromatic N) is 3. The lowest BCUT2D eigenvalue weighted by molar-refractivity contribution is 0.291. The number of aromatic nitrogens is 2. The number of sulfonamides is 1. The van der Waals surface area contributed by atoms with Gasteiger partial charge in [0.05, 0.1) is 0 Å². The number of piperidine rings is 1. The van der Waals surface area contributed by atoms with Gasteiger partial charge in [-0.2, -0.15) is 4.31 Å². The summed E-state index contributed by atoms with van der Waals surface area (Å²) in [5, 5.41) is 3.05. The SMILES string of the molecule is CNC1CCCN(S(=O)(=O)c2nc(C)cc(C)n2)C1. The topological polar surface area (TPSA) is 75.2 Å². The van der Waals surface area contributed by atoms with Crippen LogP contribution in [0.15, 0.2) is 11.2 Å². The lowest BCUT2D eigenvalue weighted by Crippen LogP contribution is -2.47. The Morgan fingerprint density at radius 1 is 1.32 bits per heavy atom. The first-order valence-electron chi connectivity index (χ1n) is 6.43. The summed E-state index contributed by atoms with van der Waals surface area (Å²) < 4.78 is 26.5. The summed E-state index contributed by atoms with van der Waals surface area (Å²) in [6, 6.07) is 1.97. The van der Waals surface area contributed by atoms with Crippen LogP contribution in [-0.2, 0) is 10.0 Å². The van der Waals surface area contributed by atoms with Crippen molar-refractivity contribution in [2.45, 2.75) is 37.9 Å². The summed E-state index contributed by atoms with van der Waals surface area (Å²) in [5.41, 5.74) is 1.35. The zero-order valence-electron chi connectivity index (χ0n) is 11.5. The normalized spacial score (nSPS) is 21.5. The first-order chi connectivity index (χ1) is 8.93. The van der Waals surface area contributed by atoms with E-state index in [1.165, 1.54) is 4.31 Å². The van der Waals surface area contributed by atoms with E-state index in [4.69, 9.17) is 0 Å². The van der Waals surface area contributed by atoms with Gasteiger partial charge in [0.1, 0.15) is 0 Å². The van der Waals surface area contributed by atoms with Crippen LogP contribution in [0.3, 0.4) is 0 Å². The molecule has 1 N–H and O–H groups in total. The van der Waals surface area contributed by atoms with Gasteiger partial charge in [-0.25, -0.2) is 18.4 Å². The van der Waals surface area contributed by atoms with Crippen molar-refractivity contribution in [2.75, 3.05) is 20.1 Å². The van der Waals surface area contributed by atoms with E-state index >= 15 is 0 Å². The number of hydrogen-bond acceptors (Lipinski definition) is 5. The van der Waals surface area contributed by atoms with Crippen molar-refractivity contribution in [2.24, 2.45) is 0 Å². The molecule has 1 aliphatic rings. The molecule has 19 heavy (non-hydrogen) atoms. The van der Waals surface area contributed by atoms with E-state index in [1.54, 1.807) is 19.9 Å². The predicted octanol–water partition coefficient (Wildman–Crippen LogP) is 0.466. The minimum absolute atomic E-state index is 0.0817. The van der Waals surface area contributed by atoms with E-state index in [-0.39, 0.29) is 11.2 Å². The van der Waals surface area contributed by atoms with E-state index < -0.39 is 10.0 Å². The average molecular weight is 284 g/mol. The highest BCUT2D eigenvalue weighted by molar-refractivity contribution is 7.88. The van der Waals surface area contributed by atoms with Crippen molar-refractivity contribution >= 4 is 10.0 Å². The summed E-state index contributed by atoms with van der Waals surface area (Å²) in [6.07, 6.45) is 1.85. The van der Waals surface area contributed by atoms with Gasteiger partial charge < -0.3 is 5.32 Å². The molecule has 1 atom stereocenters. The second-order valence-electron chi connectivity index (χ2n) is 4.92. The molecule has 0 radical (unpaired) electrons. The van der Waals surface area contributed by atoms with Gasteiger partial charge in [0.2, 0.25) is 0 Å². The summed E-state index contributed by atoms with van der Waals surface area (Å²) in [6.45, 7) is 4.58. The van der Waals surface area contributed by atoms with Crippen LogP contribution in [0.1, 0.15) is 24.2 Å². The Morgan fingerprint density at radius 2 is 1.95 bits per heavy atom. The van der Waals surface area contributed by atoms with Gasteiger partial charge >= 0.3 is 0 Å². The Bertz CT molecular complexity index is 539. The Morgan fingerprint density at radius 3 is 2.53 bits per heavy atom. The molecular formula is C12H20N4O2S. The highest BCUT2D eigenvalue weighted by Crippen LogP contribution is 2.18. The van der Waals surface area contributed by atoms with Crippen LogP contribution in [0.2, 0.25) is 0 Å². The van der Waals surface area contributed by atoms with Gasteiger partial charge in [0.15, 0.2) is 0 Å². The Balaban J connectivity index is 2.31. The predicted molar refractivity (Wildman–Crippen MR) is 72.3 cm³/mol. The first-order valence-corrected chi connectivity index (χ1v) is 7.87. The maximum absolute atomic E-state index is 12.5. The van der Waals surface area contributed by atoms with E-state index in [9.17, 15) is 8.42 Å². The molecule has 6 nitrogen and oxygen atoms in total. The minimum atomic E-state index is -3.58. The van der Waals surface area contributed by atoms with Crippen LogP contribution < -0.4 is 5.32 Å². The fourth-order valence-electron chi connectivity index (χ4n) is 2.32. The van der Waals surface area contributed by atoms with E-state index in [0.29, 0.717) is 24.5 Å². The van der Waals surface area contributed by atoms with Gasteiger partial charge in [-0.1, -0.05) is 0 Å². The fraction of sp³-hybridized carbons (Fsp3) is 0.667. The van der Waals surface area contributed by atoms with Crippen molar-refractivity contribution in [3.8, 4) is 0 Å². The summed E-state index contributed by atoms with van der Waals surface area (Å²) in [4.78, 5) is 8.14. The zero-order valence-corrected chi connectivity index (χ0v) is 12.4. The molecule has 0 amide bonds. The number of aryl methyl sites for hydroxylation is 2. The average Bonchev–Trinajstić information content (AvgIpc) is 2.37. The zero-order chi connectivity index (χ0) is 14.0. The van der Waals surface area contributed by atoms with Crippen molar-refractivity contribution in [3.63, 3.8) is 0 Å².